The standard InChI is InChI=1S/C16H20N2OS/c1-12-15(20-11-18-12)6-7-16(9-17)8-13-4-2-3-5-14(13)19-10-16/h2-5,11H,6-10,17H2,1H3. The maximum atomic E-state index is 6.08. The van der Waals surface area contributed by atoms with Crippen molar-refractivity contribution < 1.29 is 4.74 Å². The van der Waals surface area contributed by atoms with Crippen LogP contribution in [0.4, 0.5) is 0 Å². The summed E-state index contributed by atoms with van der Waals surface area (Å²) in [5.74, 6) is 1.02. The average molecular weight is 288 g/mol. The molecule has 1 aliphatic heterocycles. The zero-order chi connectivity index (χ0) is 14.0. The van der Waals surface area contributed by atoms with Gasteiger partial charge in [-0.3, -0.25) is 0 Å². The van der Waals surface area contributed by atoms with Crippen LogP contribution in [0.15, 0.2) is 29.8 Å². The van der Waals surface area contributed by atoms with Crippen molar-refractivity contribution in [2.75, 3.05) is 13.2 Å². The third-order valence-electron chi connectivity index (χ3n) is 4.23. The minimum Gasteiger partial charge on any atom is -0.493 e. The second kappa shape index (κ2) is 5.54. The van der Waals surface area contributed by atoms with E-state index in [0.29, 0.717) is 6.54 Å². The molecule has 2 heterocycles. The van der Waals surface area contributed by atoms with Gasteiger partial charge in [0.25, 0.3) is 0 Å². The summed E-state index contributed by atoms with van der Waals surface area (Å²) >= 11 is 1.74. The number of thiazole rings is 1. The predicted molar refractivity (Wildman–Crippen MR) is 82.3 cm³/mol. The number of aryl methyl sites for hydroxylation is 2. The first-order valence-corrected chi connectivity index (χ1v) is 7.90. The first-order chi connectivity index (χ1) is 9.72. The lowest BCUT2D eigenvalue weighted by Gasteiger charge is -2.37. The van der Waals surface area contributed by atoms with Crippen molar-refractivity contribution in [2.24, 2.45) is 11.1 Å². The Morgan fingerprint density at radius 1 is 1.40 bits per heavy atom. The molecule has 1 atom stereocenters. The van der Waals surface area contributed by atoms with Gasteiger partial charge in [0, 0.05) is 16.8 Å². The van der Waals surface area contributed by atoms with E-state index in [0.717, 1.165) is 37.3 Å². The topological polar surface area (TPSA) is 48.1 Å². The number of benzene rings is 1. The maximum absolute atomic E-state index is 6.08. The molecule has 0 aliphatic carbocycles. The minimum absolute atomic E-state index is 0.0603. The van der Waals surface area contributed by atoms with Gasteiger partial charge >= 0.3 is 0 Å². The molecule has 1 aliphatic rings. The van der Waals surface area contributed by atoms with Gasteiger partial charge in [-0.2, -0.15) is 0 Å². The van der Waals surface area contributed by atoms with E-state index in [9.17, 15) is 0 Å². The number of nitrogens with zero attached hydrogens (tertiary/aromatic N) is 1. The van der Waals surface area contributed by atoms with Crippen LogP contribution < -0.4 is 10.5 Å². The van der Waals surface area contributed by atoms with Crippen LogP contribution in [-0.2, 0) is 12.8 Å². The van der Waals surface area contributed by atoms with Crippen molar-refractivity contribution in [3.63, 3.8) is 0 Å². The first-order valence-electron chi connectivity index (χ1n) is 7.02. The molecular weight excluding hydrogens is 268 g/mol. The molecule has 1 aromatic carbocycles. The monoisotopic (exact) mass is 288 g/mol. The molecule has 1 aromatic heterocycles. The smallest absolute Gasteiger partial charge is 0.122 e. The fourth-order valence-corrected chi connectivity index (χ4v) is 3.60. The van der Waals surface area contributed by atoms with Crippen LogP contribution in [-0.4, -0.2) is 18.1 Å². The zero-order valence-corrected chi connectivity index (χ0v) is 12.6. The van der Waals surface area contributed by atoms with E-state index in [4.69, 9.17) is 10.5 Å². The molecular formula is C16H20N2OS. The summed E-state index contributed by atoms with van der Waals surface area (Å²) in [5.41, 5.74) is 10.5. The summed E-state index contributed by atoms with van der Waals surface area (Å²) in [6.45, 7) is 3.46. The molecule has 0 radical (unpaired) electrons. The van der Waals surface area contributed by atoms with E-state index < -0.39 is 0 Å². The molecule has 0 saturated heterocycles. The lowest BCUT2D eigenvalue weighted by Crippen LogP contribution is -2.41. The van der Waals surface area contributed by atoms with Crippen LogP contribution in [0, 0.1) is 12.3 Å². The Morgan fingerprint density at radius 2 is 2.25 bits per heavy atom. The number of hydrogen-bond donors (Lipinski definition) is 1. The van der Waals surface area contributed by atoms with Gasteiger partial charge < -0.3 is 10.5 Å². The van der Waals surface area contributed by atoms with E-state index in [1.165, 1.54) is 10.4 Å². The summed E-state index contributed by atoms with van der Waals surface area (Å²) in [7, 11) is 0. The zero-order valence-electron chi connectivity index (χ0n) is 11.8. The number of rotatable bonds is 4. The Kier molecular flexibility index (Phi) is 3.76. The molecule has 106 valence electrons. The summed E-state index contributed by atoms with van der Waals surface area (Å²) in [6, 6.07) is 8.29. The Balaban J connectivity index is 1.75. The Morgan fingerprint density at radius 3 is 3.00 bits per heavy atom. The summed E-state index contributed by atoms with van der Waals surface area (Å²) in [5, 5.41) is 0. The van der Waals surface area contributed by atoms with Crippen LogP contribution in [0.3, 0.4) is 0 Å². The Bertz CT molecular complexity index is 596. The average Bonchev–Trinajstić information content (AvgIpc) is 2.90. The molecule has 0 saturated carbocycles. The second-order valence-electron chi connectivity index (χ2n) is 5.64. The normalized spacial score (nSPS) is 21.3. The minimum atomic E-state index is 0.0603. The fraction of sp³-hybridized carbons (Fsp3) is 0.438. The molecule has 3 rings (SSSR count). The highest BCUT2D eigenvalue weighted by Crippen LogP contribution is 2.37. The number of hydrogen-bond acceptors (Lipinski definition) is 4. The quantitative estimate of drug-likeness (QED) is 0.941. The van der Waals surface area contributed by atoms with Gasteiger partial charge in [-0.25, -0.2) is 4.98 Å². The van der Waals surface area contributed by atoms with E-state index in [2.05, 4.69) is 24.0 Å². The van der Waals surface area contributed by atoms with Gasteiger partial charge in [0.1, 0.15) is 5.75 Å². The molecule has 3 nitrogen and oxygen atoms in total. The maximum Gasteiger partial charge on any atom is 0.122 e. The molecule has 2 N–H and O–H groups in total. The van der Waals surface area contributed by atoms with Crippen LogP contribution >= 0.6 is 11.3 Å². The van der Waals surface area contributed by atoms with Crippen molar-refractivity contribution in [1.29, 1.82) is 0 Å². The molecule has 4 heteroatoms. The van der Waals surface area contributed by atoms with Crippen molar-refractivity contribution in [3.05, 3.63) is 45.9 Å². The van der Waals surface area contributed by atoms with E-state index in [-0.39, 0.29) is 5.41 Å². The Labute approximate surface area is 123 Å². The summed E-state index contributed by atoms with van der Waals surface area (Å²) in [4.78, 5) is 5.69. The SMILES string of the molecule is Cc1ncsc1CCC1(CN)COc2ccccc2C1. The largest absolute Gasteiger partial charge is 0.493 e. The van der Waals surface area contributed by atoms with Gasteiger partial charge in [-0.15, -0.1) is 11.3 Å². The van der Waals surface area contributed by atoms with Crippen molar-refractivity contribution in [3.8, 4) is 5.75 Å². The molecule has 2 aromatic rings. The third kappa shape index (κ3) is 2.58. The molecule has 1 unspecified atom stereocenters. The highest BCUT2D eigenvalue weighted by Gasteiger charge is 2.34. The predicted octanol–water partition coefficient (Wildman–Crippen LogP) is 2.96. The Hall–Kier alpha value is -1.39. The first kappa shape index (κ1) is 13.6. The summed E-state index contributed by atoms with van der Waals surface area (Å²) < 4.78 is 5.94. The molecule has 0 bridgehead atoms. The molecule has 20 heavy (non-hydrogen) atoms. The number of fused-ring (bicyclic) bond motifs is 1. The molecule has 0 spiro atoms. The number of aromatic nitrogens is 1. The van der Waals surface area contributed by atoms with Gasteiger partial charge in [0.2, 0.25) is 0 Å². The lowest BCUT2D eigenvalue weighted by atomic mass is 9.76. The van der Waals surface area contributed by atoms with Crippen LogP contribution in [0.1, 0.15) is 22.6 Å². The van der Waals surface area contributed by atoms with Crippen molar-refractivity contribution >= 4 is 11.3 Å². The van der Waals surface area contributed by atoms with E-state index >= 15 is 0 Å². The third-order valence-corrected chi connectivity index (χ3v) is 5.23. The molecule has 0 amide bonds. The van der Waals surface area contributed by atoms with Gasteiger partial charge in [0.15, 0.2) is 0 Å². The van der Waals surface area contributed by atoms with E-state index in [1.807, 2.05) is 17.6 Å². The van der Waals surface area contributed by atoms with Gasteiger partial charge in [0.05, 0.1) is 17.8 Å². The van der Waals surface area contributed by atoms with Crippen LogP contribution in [0.25, 0.3) is 0 Å². The number of nitrogens with two attached hydrogens (primary N) is 1. The van der Waals surface area contributed by atoms with Crippen LogP contribution in [0.5, 0.6) is 5.75 Å². The van der Waals surface area contributed by atoms with Crippen molar-refractivity contribution in [2.45, 2.75) is 26.2 Å². The molecule has 0 fully saturated rings. The number of para-hydroxylation sites is 1. The summed E-state index contributed by atoms with van der Waals surface area (Å²) in [6.07, 6.45) is 3.11. The fourth-order valence-electron chi connectivity index (χ4n) is 2.82. The van der Waals surface area contributed by atoms with Gasteiger partial charge in [-0.1, -0.05) is 18.2 Å². The highest BCUT2D eigenvalue weighted by atomic mass is 32.1. The second-order valence-corrected chi connectivity index (χ2v) is 6.58. The van der Waals surface area contributed by atoms with Crippen molar-refractivity contribution in [1.82, 2.24) is 4.98 Å². The van der Waals surface area contributed by atoms with E-state index in [1.54, 1.807) is 11.3 Å². The highest BCUT2D eigenvalue weighted by molar-refractivity contribution is 7.09. The van der Waals surface area contributed by atoms with Crippen LogP contribution in [0.2, 0.25) is 0 Å². The number of ether oxygens (including phenoxy) is 1. The lowest BCUT2D eigenvalue weighted by molar-refractivity contribution is 0.117. The van der Waals surface area contributed by atoms with Gasteiger partial charge in [-0.05, 0) is 37.8 Å².